The molecule has 0 aliphatic heterocycles. The van der Waals surface area contributed by atoms with Crippen LogP contribution in [0.5, 0.6) is 5.75 Å². The maximum Gasteiger partial charge on any atom is 0.270 e. The molecule has 172 valence electrons. The minimum atomic E-state index is -0.528. The normalized spacial score (nSPS) is 12.5. The minimum Gasteiger partial charge on any atom is -0.484 e. The summed E-state index contributed by atoms with van der Waals surface area (Å²) in [7, 11) is 5.97. The first-order chi connectivity index (χ1) is 15.7. The fourth-order valence-electron chi connectivity index (χ4n) is 4.58. The van der Waals surface area contributed by atoms with Gasteiger partial charge in [0.2, 0.25) is 0 Å². The van der Waals surface area contributed by atoms with Gasteiger partial charge in [-0.3, -0.25) is 14.6 Å². The molecule has 0 saturated heterocycles. The number of ether oxygens (including phenoxy) is 1. The Morgan fingerprint density at radius 2 is 1.91 bits per heavy atom. The van der Waals surface area contributed by atoms with E-state index in [1.165, 1.54) is 0 Å². The first-order valence-electron chi connectivity index (χ1n) is 10.8. The van der Waals surface area contributed by atoms with Crippen LogP contribution in [0, 0.1) is 6.92 Å². The Labute approximate surface area is 192 Å². The lowest BCUT2D eigenvalue weighted by molar-refractivity contribution is -0.119. The summed E-state index contributed by atoms with van der Waals surface area (Å²) in [5, 5.41) is 6.80. The first kappa shape index (κ1) is 22.5. The Bertz CT molecular complexity index is 1390. The Kier molecular flexibility index (Phi) is 5.95. The van der Waals surface area contributed by atoms with Crippen molar-refractivity contribution in [3.05, 3.63) is 47.8 Å². The number of pyridine rings is 1. The molecule has 0 fully saturated rings. The predicted octanol–water partition coefficient (Wildman–Crippen LogP) is 2.73. The molecule has 8 nitrogen and oxygen atoms in total. The van der Waals surface area contributed by atoms with Crippen LogP contribution in [0.25, 0.3) is 32.6 Å². The van der Waals surface area contributed by atoms with Crippen molar-refractivity contribution >= 4 is 44.4 Å². The lowest BCUT2D eigenvalue weighted by atomic mass is 10.00. The van der Waals surface area contributed by atoms with Gasteiger partial charge in [-0.15, -0.1) is 0 Å². The highest BCUT2D eigenvalue weighted by Gasteiger charge is 2.19. The van der Waals surface area contributed by atoms with Crippen LogP contribution in [-0.4, -0.2) is 59.6 Å². The van der Waals surface area contributed by atoms with Crippen LogP contribution in [0.4, 0.5) is 0 Å². The number of aromatic nitrogens is 2. The number of fused-ring (bicyclic) bond motifs is 4. The van der Waals surface area contributed by atoms with Crippen LogP contribution in [0.1, 0.15) is 23.0 Å². The molecule has 2 aromatic heterocycles. The third kappa shape index (κ3) is 4.21. The summed E-state index contributed by atoms with van der Waals surface area (Å²) in [5.41, 5.74) is 8.79. The number of aryl methyl sites for hydroxylation is 2. The van der Waals surface area contributed by atoms with Crippen molar-refractivity contribution in [3.63, 3.8) is 0 Å². The van der Waals surface area contributed by atoms with Crippen molar-refractivity contribution in [1.82, 2.24) is 19.8 Å². The number of amides is 2. The first-order valence-corrected chi connectivity index (χ1v) is 10.8. The molecule has 0 bridgehead atoms. The van der Waals surface area contributed by atoms with Gasteiger partial charge in [-0.1, -0.05) is 0 Å². The molecule has 2 heterocycles. The van der Waals surface area contributed by atoms with Gasteiger partial charge in [0.15, 0.2) is 6.61 Å². The summed E-state index contributed by atoms with van der Waals surface area (Å²) in [6.07, 6.45) is 1.69. The van der Waals surface area contributed by atoms with Gasteiger partial charge in [0, 0.05) is 47.5 Å². The summed E-state index contributed by atoms with van der Waals surface area (Å²) < 4.78 is 7.66. The van der Waals surface area contributed by atoms with Gasteiger partial charge in [0.25, 0.3) is 11.8 Å². The SMILES string of the molecule is Cc1c2ccnc(C(=O)NC(C)CN(C)C)c2cc2c3cc(OCC(N)=O)ccc3n(C)c12. The highest BCUT2D eigenvalue weighted by molar-refractivity contribution is 6.17. The smallest absolute Gasteiger partial charge is 0.270 e. The highest BCUT2D eigenvalue weighted by atomic mass is 16.5. The van der Waals surface area contributed by atoms with Gasteiger partial charge in [-0.25, -0.2) is 0 Å². The van der Waals surface area contributed by atoms with Crippen molar-refractivity contribution < 1.29 is 14.3 Å². The van der Waals surface area contributed by atoms with Crippen LogP contribution in [0.3, 0.4) is 0 Å². The second-order valence-corrected chi connectivity index (χ2v) is 8.78. The van der Waals surface area contributed by atoms with Crippen molar-refractivity contribution in [2.45, 2.75) is 19.9 Å². The zero-order chi connectivity index (χ0) is 23.9. The molecule has 2 amide bonds. The molecule has 0 spiro atoms. The van der Waals surface area contributed by atoms with Crippen LogP contribution in [-0.2, 0) is 11.8 Å². The topological polar surface area (TPSA) is 102 Å². The lowest BCUT2D eigenvalue weighted by Gasteiger charge is -2.18. The van der Waals surface area contributed by atoms with E-state index in [1.54, 1.807) is 6.20 Å². The van der Waals surface area contributed by atoms with E-state index in [4.69, 9.17) is 10.5 Å². The molecule has 1 unspecified atom stereocenters. The predicted molar refractivity (Wildman–Crippen MR) is 131 cm³/mol. The number of nitrogens with two attached hydrogens (primary N) is 1. The van der Waals surface area contributed by atoms with Gasteiger partial charge in [-0.2, -0.15) is 0 Å². The summed E-state index contributed by atoms with van der Waals surface area (Å²) >= 11 is 0. The van der Waals surface area contributed by atoms with E-state index in [1.807, 2.05) is 63.3 Å². The number of carbonyl (C=O) groups is 2. The van der Waals surface area contributed by atoms with E-state index in [2.05, 4.69) is 21.8 Å². The number of hydrogen-bond acceptors (Lipinski definition) is 5. The molecular formula is C25H29N5O3. The van der Waals surface area contributed by atoms with Gasteiger partial charge in [0.05, 0.1) is 5.52 Å². The van der Waals surface area contributed by atoms with Crippen molar-refractivity contribution in [2.75, 3.05) is 27.2 Å². The summed E-state index contributed by atoms with van der Waals surface area (Å²) in [6.45, 7) is 4.59. The van der Waals surface area contributed by atoms with Crippen LogP contribution >= 0.6 is 0 Å². The molecule has 4 aromatic rings. The van der Waals surface area contributed by atoms with Gasteiger partial charge in [0.1, 0.15) is 11.4 Å². The standard InChI is InChI=1S/C25H29N5O3/c1-14(12-29(3)4)28-25(32)23-19-11-20-18-10-16(33-13-22(26)31)6-7-21(18)30(5)24(20)15(2)17(19)8-9-27-23/h6-11,14H,12-13H2,1-5H3,(H2,26,31)(H,28,32). The Balaban J connectivity index is 1.88. The van der Waals surface area contributed by atoms with Crippen LogP contribution in [0.2, 0.25) is 0 Å². The number of benzene rings is 2. The van der Waals surface area contributed by atoms with E-state index >= 15 is 0 Å². The Hall–Kier alpha value is -3.65. The Morgan fingerprint density at radius 1 is 1.15 bits per heavy atom. The zero-order valence-corrected chi connectivity index (χ0v) is 19.6. The molecule has 0 aliphatic carbocycles. The molecule has 2 aromatic carbocycles. The van der Waals surface area contributed by atoms with E-state index in [0.717, 1.165) is 44.7 Å². The van der Waals surface area contributed by atoms with E-state index in [-0.39, 0.29) is 18.6 Å². The quantitative estimate of drug-likeness (QED) is 0.454. The third-order valence-electron chi connectivity index (χ3n) is 5.86. The molecule has 0 saturated carbocycles. The Morgan fingerprint density at radius 3 is 2.61 bits per heavy atom. The van der Waals surface area contributed by atoms with Crippen molar-refractivity contribution in [3.8, 4) is 5.75 Å². The van der Waals surface area contributed by atoms with Gasteiger partial charge < -0.3 is 25.3 Å². The minimum absolute atomic E-state index is 0.0168. The zero-order valence-electron chi connectivity index (χ0n) is 19.6. The molecular weight excluding hydrogens is 418 g/mol. The second-order valence-electron chi connectivity index (χ2n) is 8.78. The lowest BCUT2D eigenvalue weighted by Crippen LogP contribution is -2.39. The van der Waals surface area contributed by atoms with Gasteiger partial charge in [-0.05, 0) is 69.2 Å². The third-order valence-corrected chi connectivity index (χ3v) is 5.86. The van der Waals surface area contributed by atoms with Crippen molar-refractivity contribution in [2.24, 2.45) is 12.8 Å². The summed E-state index contributed by atoms with van der Waals surface area (Å²) in [6, 6.07) is 9.65. The summed E-state index contributed by atoms with van der Waals surface area (Å²) in [5.74, 6) is -0.160. The molecule has 0 aliphatic rings. The van der Waals surface area contributed by atoms with E-state index in [9.17, 15) is 9.59 Å². The fourth-order valence-corrected chi connectivity index (χ4v) is 4.58. The molecule has 4 rings (SSSR count). The number of carbonyl (C=O) groups excluding carboxylic acids is 2. The maximum absolute atomic E-state index is 13.1. The molecule has 8 heteroatoms. The summed E-state index contributed by atoms with van der Waals surface area (Å²) in [4.78, 5) is 30.7. The van der Waals surface area contributed by atoms with E-state index < -0.39 is 5.91 Å². The number of nitrogens with zero attached hydrogens (tertiary/aromatic N) is 3. The van der Waals surface area contributed by atoms with E-state index in [0.29, 0.717) is 11.4 Å². The maximum atomic E-state index is 13.1. The van der Waals surface area contributed by atoms with Crippen LogP contribution in [0.15, 0.2) is 36.5 Å². The molecule has 3 N–H and O–H groups in total. The molecule has 1 atom stereocenters. The number of hydrogen-bond donors (Lipinski definition) is 2. The number of primary amides is 1. The monoisotopic (exact) mass is 447 g/mol. The molecule has 0 radical (unpaired) electrons. The highest BCUT2D eigenvalue weighted by Crippen LogP contribution is 2.37. The van der Waals surface area contributed by atoms with Gasteiger partial charge >= 0.3 is 0 Å². The second kappa shape index (κ2) is 8.71. The number of rotatable bonds is 7. The number of likely N-dealkylation sites (N-methyl/N-ethyl adjacent to an activating group) is 1. The largest absolute Gasteiger partial charge is 0.484 e. The number of nitrogens with one attached hydrogen (secondary N) is 1. The van der Waals surface area contributed by atoms with Crippen LogP contribution < -0.4 is 15.8 Å². The average Bonchev–Trinajstić information content (AvgIpc) is 3.03. The average molecular weight is 448 g/mol. The van der Waals surface area contributed by atoms with Crippen molar-refractivity contribution in [1.29, 1.82) is 0 Å². The molecule has 33 heavy (non-hydrogen) atoms. The fraction of sp³-hybridized carbons (Fsp3) is 0.320.